The summed E-state index contributed by atoms with van der Waals surface area (Å²) in [4.78, 5) is 6.47. The van der Waals surface area contributed by atoms with E-state index in [4.69, 9.17) is 32.5 Å². The van der Waals surface area contributed by atoms with Gasteiger partial charge in [0.15, 0.2) is 5.82 Å². The number of aromatic nitrogens is 2. The molecule has 7 heteroatoms. The highest BCUT2D eigenvalue weighted by Crippen LogP contribution is 2.29. The number of rotatable bonds is 3. The van der Waals surface area contributed by atoms with E-state index in [1.54, 1.807) is 13.0 Å². The van der Waals surface area contributed by atoms with Crippen LogP contribution in [0.4, 0.5) is 0 Å². The van der Waals surface area contributed by atoms with Gasteiger partial charge >= 0.3 is 0 Å². The van der Waals surface area contributed by atoms with Crippen LogP contribution < -0.4 is 0 Å². The van der Waals surface area contributed by atoms with Crippen LogP contribution in [0.2, 0.25) is 10.0 Å². The number of halogens is 2. The van der Waals surface area contributed by atoms with Crippen LogP contribution >= 0.6 is 23.2 Å². The third-order valence-corrected chi connectivity index (χ3v) is 4.14. The zero-order chi connectivity index (χ0) is 14.8. The van der Waals surface area contributed by atoms with Crippen molar-refractivity contribution in [3.63, 3.8) is 0 Å². The molecule has 1 saturated heterocycles. The first kappa shape index (κ1) is 14.8. The molecule has 0 aliphatic carbocycles. The summed E-state index contributed by atoms with van der Waals surface area (Å²) < 4.78 is 10.8. The molecule has 21 heavy (non-hydrogen) atoms. The van der Waals surface area contributed by atoms with Gasteiger partial charge in [0, 0.05) is 20.0 Å². The highest BCUT2D eigenvalue weighted by atomic mass is 35.5. The van der Waals surface area contributed by atoms with Crippen LogP contribution in [0, 0.1) is 6.92 Å². The zero-order valence-electron chi connectivity index (χ0n) is 11.6. The van der Waals surface area contributed by atoms with Gasteiger partial charge in [-0.15, -0.1) is 0 Å². The second-order valence-corrected chi connectivity index (χ2v) is 5.81. The molecule has 2 aromatic rings. The highest BCUT2D eigenvalue weighted by molar-refractivity contribution is 6.42. The van der Waals surface area contributed by atoms with E-state index in [2.05, 4.69) is 15.0 Å². The topological polar surface area (TPSA) is 51.4 Å². The van der Waals surface area contributed by atoms with Crippen molar-refractivity contribution >= 4 is 23.2 Å². The summed E-state index contributed by atoms with van der Waals surface area (Å²) in [6.45, 7) is 4.69. The van der Waals surface area contributed by atoms with Crippen molar-refractivity contribution in [2.75, 3.05) is 19.7 Å². The van der Waals surface area contributed by atoms with E-state index in [1.807, 2.05) is 12.1 Å². The standard InChI is InChI=1S/C14H15Cl2N3O2/c1-9-17-14(18-21-9)8-19-4-5-20-13(7-19)10-2-3-11(15)12(16)6-10/h2-3,6,13H,4-5,7-8H2,1H3/t13-/m0/s1. The van der Waals surface area contributed by atoms with Gasteiger partial charge in [-0.1, -0.05) is 34.4 Å². The Bertz CT molecular complexity index is 632. The maximum atomic E-state index is 6.07. The summed E-state index contributed by atoms with van der Waals surface area (Å²) in [7, 11) is 0. The van der Waals surface area contributed by atoms with Gasteiger partial charge in [0.25, 0.3) is 0 Å². The van der Waals surface area contributed by atoms with E-state index >= 15 is 0 Å². The first-order valence-electron chi connectivity index (χ1n) is 6.70. The summed E-state index contributed by atoms with van der Waals surface area (Å²) in [5.41, 5.74) is 1.03. The Morgan fingerprint density at radius 2 is 2.19 bits per heavy atom. The van der Waals surface area contributed by atoms with Gasteiger partial charge < -0.3 is 9.26 Å². The maximum Gasteiger partial charge on any atom is 0.223 e. The molecule has 0 N–H and O–H groups in total. The Balaban J connectivity index is 1.68. The number of hydrogen-bond acceptors (Lipinski definition) is 5. The molecule has 0 unspecified atom stereocenters. The van der Waals surface area contributed by atoms with Gasteiger partial charge in [-0.3, -0.25) is 4.90 Å². The molecule has 0 spiro atoms. The molecular weight excluding hydrogens is 313 g/mol. The van der Waals surface area contributed by atoms with Gasteiger partial charge in [0.1, 0.15) is 0 Å². The number of ether oxygens (including phenoxy) is 1. The van der Waals surface area contributed by atoms with Crippen molar-refractivity contribution in [1.82, 2.24) is 15.0 Å². The van der Waals surface area contributed by atoms with Gasteiger partial charge in [-0.05, 0) is 17.7 Å². The van der Waals surface area contributed by atoms with E-state index in [0.717, 1.165) is 18.7 Å². The van der Waals surface area contributed by atoms with Gasteiger partial charge in [0.2, 0.25) is 5.89 Å². The molecular formula is C14H15Cl2N3O2. The fourth-order valence-electron chi connectivity index (χ4n) is 2.37. The van der Waals surface area contributed by atoms with Crippen LogP contribution in [-0.4, -0.2) is 34.7 Å². The SMILES string of the molecule is Cc1nc(CN2CCO[C@H](c3ccc(Cl)c(Cl)c3)C2)no1. The third-order valence-electron chi connectivity index (χ3n) is 3.40. The Labute approximate surface area is 132 Å². The minimum Gasteiger partial charge on any atom is -0.371 e. The summed E-state index contributed by atoms with van der Waals surface area (Å²) in [5.74, 6) is 1.28. The number of nitrogens with zero attached hydrogens (tertiary/aromatic N) is 3. The molecule has 2 heterocycles. The number of hydrogen-bond donors (Lipinski definition) is 0. The van der Waals surface area contributed by atoms with E-state index in [0.29, 0.717) is 34.9 Å². The highest BCUT2D eigenvalue weighted by Gasteiger charge is 2.23. The van der Waals surface area contributed by atoms with Crippen molar-refractivity contribution < 1.29 is 9.26 Å². The smallest absolute Gasteiger partial charge is 0.223 e. The molecule has 0 amide bonds. The van der Waals surface area contributed by atoms with Gasteiger partial charge in [0.05, 0.1) is 29.3 Å². The van der Waals surface area contributed by atoms with Crippen LogP contribution in [0.25, 0.3) is 0 Å². The fraction of sp³-hybridized carbons (Fsp3) is 0.429. The maximum absolute atomic E-state index is 6.07. The minimum absolute atomic E-state index is 0.0264. The molecule has 1 aromatic heterocycles. The Morgan fingerprint density at radius 3 is 2.90 bits per heavy atom. The van der Waals surface area contributed by atoms with E-state index in [1.165, 1.54) is 0 Å². The van der Waals surface area contributed by atoms with Crippen LogP contribution in [-0.2, 0) is 11.3 Å². The van der Waals surface area contributed by atoms with E-state index < -0.39 is 0 Å². The summed E-state index contributed by atoms with van der Waals surface area (Å²) in [5, 5.41) is 5.02. The zero-order valence-corrected chi connectivity index (χ0v) is 13.1. The van der Waals surface area contributed by atoms with Crippen LogP contribution in [0.3, 0.4) is 0 Å². The fourth-order valence-corrected chi connectivity index (χ4v) is 2.67. The molecule has 112 valence electrons. The van der Waals surface area contributed by atoms with Crippen LogP contribution in [0.15, 0.2) is 22.7 Å². The average molecular weight is 328 g/mol. The Kier molecular flexibility index (Phi) is 4.45. The van der Waals surface area contributed by atoms with Crippen molar-refractivity contribution in [3.8, 4) is 0 Å². The number of aryl methyl sites for hydroxylation is 1. The monoisotopic (exact) mass is 327 g/mol. The summed E-state index contributed by atoms with van der Waals surface area (Å²) in [6.07, 6.45) is -0.0264. The number of morpholine rings is 1. The van der Waals surface area contributed by atoms with Crippen molar-refractivity contribution in [2.45, 2.75) is 19.6 Å². The normalized spacial score (nSPS) is 19.9. The molecule has 3 rings (SSSR count). The quantitative estimate of drug-likeness (QED) is 0.866. The molecule has 0 radical (unpaired) electrons. The van der Waals surface area contributed by atoms with E-state index in [-0.39, 0.29) is 6.10 Å². The number of benzene rings is 1. The lowest BCUT2D eigenvalue weighted by atomic mass is 10.1. The molecule has 1 aliphatic rings. The van der Waals surface area contributed by atoms with Crippen molar-refractivity contribution in [2.24, 2.45) is 0 Å². The first-order valence-corrected chi connectivity index (χ1v) is 7.45. The molecule has 1 aliphatic heterocycles. The second kappa shape index (κ2) is 6.32. The molecule has 1 atom stereocenters. The van der Waals surface area contributed by atoms with Gasteiger partial charge in [-0.2, -0.15) is 4.98 Å². The predicted molar refractivity (Wildman–Crippen MR) is 79.5 cm³/mol. The molecule has 5 nitrogen and oxygen atoms in total. The van der Waals surface area contributed by atoms with Crippen LogP contribution in [0.1, 0.15) is 23.4 Å². The van der Waals surface area contributed by atoms with Crippen LogP contribution in [0.5, 0.6) is 0 Å². The summed E-state index contributed by atoms with van der Waals surface area (Å²) in [6, 6.07) is 5.60. The molecule has 0 bridgehead atoms. The lowest BCUT2D eigenvalue weighted by molar-refractivity contribution is -0.0338. The lowest BCUT2D eigenvalue weighted by Gasteiger charge is -2.32. The largest absolute Gasteiger partial charge is 0.371 e. The van der Waals surface area contributed by atoms with Crippen molar-refractivity contribution in [3.05, 3.63) is 45.5 Å². The Hall–Kier alpha value is -1.14. The summed E-state index contributed by atoms with van der Waals surface area (Å²) >= 11 is 12.0. The minimum atomic E-state index is -0.0264. The van der Waals surface area contributed by atoms with Gasteiger partial charge in [-0.25, -0.2) is 0 Å². The Morgan fingerprint density at radius 1 is 1.33 bits per heavy atom. The molecule has 1 aromatic carbocycles. The second-order valence-electron chi connectivity index (χ2n) is 5.00. The van der Waals surface area contributed by atoms with Crippen molar-refractivity contribution in [1.29, 1.82) is 0 Å². The van der Waals surface area contributed by atoms with E-state index in [9.17, 15) is 0 Å². The molecule has 0 saturated carbocycles. The first-order chi connectivity index (χ1) is 10.1. The predicted octanol–water partition coefficient (Wildman–Crippen LogP) is 3.26. The third kappa shape index (κ3) is 3.55. The lowest BCUT2D eigenvalue weighted by Crippen LogP contribution is -2.38. The average Bonchev–Trinajstić information content (AvgIpc) is 2.87. The molecule has 1 fully saturated rings.